The SMILES string of the molecule is N#Cc1cc(C2(O)CC3CCC(C2)O3)ccn1. The van der Waals surface area contributed by atoms with Crippen LogP contribution in [0, 0.1) is 11.3 Å². The van der Waals surface area contributed by atoms with Gasteiger partial charge in [-0.25, -0.2) is 4.98 Å². The number of hydrogen-bond donors (Lipinski definition) is 1. The Morgan fingerprint density at radius 3 is 2.76 bits per heavy atom. The van der Waals surface area contributed by atoms with Gasteiger partial charge >= 0.3 is 0 Å². The molecule has 17 heavy (non-hydrogen) atoms. The van der Waals surface area contributed by atoms with Crippen LogP contribution in [-0.4, -0.2) is 22.3 Å². The van der Waals surface area contributed by atoms with Gasteiger partial charge < -0.3 is 9.84 Å². The number of pyridine rings is 1. The van der Waals surface area contributed by atoms with E-state index in [0.717, 1.165) is 18.4 Å². The van der Waals surface area contributed by atoms with Crippen molar-refractivity contribution in [1.29, 1.82) is 5.26 Å². The molecule has 0 spiro atoms. The third-order valence-electron chi connectivity index (χ3n) is 3.74. The van der Waals surface area contributed by atoms with Crippen molar-refractivity contribution in [3.05, 3.63) is 29.6 Å². The van der Waals surface area contributed by atoms with Crippen LogP contribution in [0.2, 0.25) is 0 Å². The number of hydrogen-bond acceptors (Lipinski definition) is 4. The summed E-state index contributed by atoms with van der Waals surface area (Å²) in [7, 11) is 0. The molecule has 2 fully saturated rings. The first-order valence-electron chi connectivity index (χ1n) is 5.94. The Hall–Kier alpha value is -1.44. The fraction of sp³-hybridized carbons (Fsp3) is 0.538. The predicted molar refractivity (Wildman–Crippen MR) is 60.0 cm³/mol. The minimum absolute atomic E-state index is 0.164. The Kier molecular flexibility index (Phi) is 2.39. The van der Waals surface area contributed by atoms with E-state index in [4.69, 9.17) is 10.00 Å². The smallest absolute Gasteiger partial charge is 0.140 e. The fourth-order valence-corrected chi connectivity index (χ4v) is 2.93. The number of fused-ring (bicyclic) bond motifs is 2. The molecule has 3 heterocycles. The van der Waals surface area contributed by atoms with E-state index in [9.17, 15) is 5.11 Å². The van der Waals surface area contributed by atoms with E-state index in [1.165, 1.54) is 0 Å². The van der Waals surface area contributed by atoms with Gasteiger partial charge in [-0.1, -0.05) is 0 Å². The molecule has 3 rings (SSSR count). The molecule has 2 aliphatic heterocycles. The predicted octanol–water partition coefficient (Wildman–Crippen LogP) is 1.48. The maximum Gasteiger partial charge on any atom is 0.140 e. The Bertz CT molecular complexity index is 469. The van der Waals surface area contributed by atoms with Crippen LogP contribution < -0.4 is 0 Å². The van der Waals surface area contributed by atoms with E-state index in [0.29, 0.717) is 18.5 Å². The standard InChI is InChI=1S/C13H14N2O2/c14-8-10-5-9(3-4-15-10)13(16)6-11-1-2-12(7-13)17-11/h3-5,11-12,16H,1-2,6-7H2. The second-order valence-electron chi connectivity index (χ2n) is 4.94. The van der Waals surface area contributed by atoms with Gasteiger partial charge in [0.15, 0.2) is 0 Å². The molecule has 88 valence electrons. The number of ether oxygens (including phenoxy) is 1. The van der Waals surface area contributed by atoms with Crippen LogP contribution in [-0.2, 0) is 10.3 Å². The minimum Gasteiger partial charge on any atom is -0.385 e. The molecule has 2 bridgehead atoms. The van der Waals surface area contributed by atoms with E-state index in [2.05, 4.69) is 4.98 Å². The first-order valence-corrected chi connectivity index (χ1v) is 5.94. The molecular weight excluding hydrogens is 216 g/mol. The average molecular weight is 230 g/mol. The lowest BCUT2D eigenvalue weighted by atomic mass is 9.84. The van der Waals surface area contributed by atoms with Gasteiger partial charge in [-0.05, 0) is 30.5 Å². The molecule has 1 N–H and O–H groups in total. The molecule has 1 aromatic rings. The van der Waals surface area contributed by atoms with Gasteiger partial charge in [0.1, 0.15) is 11.8 Å². The fourth-order valence-electron chi connectivity index (χ4n) is 2.93. The van der Waals surface area contributed by atoms with Crippen LogP contribution in [0.5, 0.6) is 0 Å². The molecule has 0 radical (unpaired) electrons. The summed E-state index contributed by atoms with van der Waals surface area (Å²) in [5.41, 5.74) is 0.303. The van der Waals surface area contributed by atoms with E-state index in [1.54, 1.807) is 18.3 Å². The maximum absolute atomic E-state index is 10.7. The molecule has 2 saturated heterocycles. The molecule has 2 atom stereocenters. The largest absolute Gasteiger partial charge is 0.385 e. The van der Waals surface area contributed by atoms with Crippen LogP contribution in [0.15, 0.2) is 18.3 Å². The third-order valence-corrected chi connectivity index (χ3v) is 3.74. The Balaban J connectivity index is 1.94. The lowest BCUT2D eigenvalue weighted by Gasteiger charge is -2.36. The summed E-state index contributed by atoms with van der Waals surface area (Å²) < 4.78 is 5.73. The zero-order valence-corrected chi connectivity index (χ0v) is 9.47. The van der Waals surface area contributed by atoms with Gasteiger partial charge in [0.2, 0.25) is 0 Å². The van der Waals surface area contributed by atoms with E-state index >= 15 is 0 Å². The van der Waals surface area contributed by atoms with Crippen molar-refractivity contribution >= 4 is 0 Å². The Morgan fingerprint density at radius 1 is 1.41 bits per heavy atom. The normalized spacial score (nSPS) is 35.5. The molecule has 2 unspecified atom stereocenters. The van der Waals surface area contributed by atoms with Gasteiger partial charge in [-0.2, -0.15) is 5.26 Å². The lowest BCUT2D eigenvalue weighted by molar-refractivity contribution is -0.115. The van der Waals surface area contributed by atoms with Crippen molar-refractivity contribution in [3.8, 4) is 6.07 Å². The highest BCUT2D eigenvalue weighted by Crippen LogP contribution is 2.43. The number of nitrogens with zero attached hydrogens (tertiary/aromatic N) is 2. The van der Waals surface area contributed by atoms with Gasteiger partial charge in [0.25, 0.3) is 0 Å². The molecular formula is C13H14N2O2. The highest BCUT2D eigenvalue weighted by molar-refractivity contribution is 5.30. The first-order chi connectivity index (χ1) is 8.19. The molecule has 2 aliphatic rings. The molecule has 4 heteroatoms. The second-order valence-corrected chi connectivity index (χ2v) is 4.94. The Morgan fingerprint density at radius 2 is 2.12 bits per heavy atom. The Labute approximate surface area is 99.9 Å². The molecule has 0 amide bonds. The van der Waals surface area contributed by atoms with Gasteiger partial charge in [-0.3, -0.25) is 0 Å². The molecule has 0 aliphatic carbocycles. The highest BCUT2D eigenvalue weighted by atomic mass is 16.5. The summed E-state index contributed by atoms with van der Waals surface area (Å²) in [6, 6.07) is 5.49. The monoisotopic (exact) mass is 230 g/mol. The van der Waals surface area contributed by atoms with Crippen molar-refractivity contribution in [1.82, 2.24) is 4.98 Å². The van der Waals surface area contributed by atoms with Crippen molar-refractivity contribution < 1.29 is 9.84 Å². The summed E-state index contributed by atoms with van der Waals surface area (Å²) >= 11 is 0. The number of aliphatic hydroxyl groups is 1. The topological polar surface area (TPSA) is 66.1 Å². The van der Waals surface area contributed by atoms with Gasteiger partial charge in [0, 0.05) is 19.0 Å². The number of nitriles is 1. The van der Waals surface area contributed by atoms with E-state index in [1.807, 2.05) is 6.07 Å². The van der Waals surface area contributed by atoms with Crippen LogP contribution in [0.3, 0.4) is 0 Å². The van der Waals surface area contributed by atoms with Crippen molar-refractivity contribution in [2.75, 3.05) is 0 Å². The molecule has 0 saturated carbocycles. The quantitative estimate of drug-likeness (QED) is 0.793. The van der Waals surface area contributed by atoms with Crippen molar-refractivity contribution in [2.45, 2.75) is 43.5 Å². The highest BCUT2D eigenvalue weighted by Gasteiger charge is 2.44. The van der Waals surface area contributed by atoms with Crippen molar-refractivity contribution in [2.24, 2.45) is 0 Å². The van der Waals surface area contributed by atoms with Crippen LogP contribution in [0.25, 0.3) is 0 Å². The zero-order chi connectivity index (χ0) is 11.9. The summed E-state index contributed by atoms with van der Waals surface area (Å²) in [5.74, 6) is 0. The number of aromatic nitrogens is 1. The number of rotatable bonds is 1. The van der Waals surface area contributed by atoms with Crippen LogP contribution in [0.1, 0.15) is 36.9 Å². The zero-order valence-electron chi connectivity index (χ0n) is 9.47. The molecule has 1 aromatic heterocycles. The first kappa shape index (κ1) is 10.7. The third kappa shape index (κ3) is 1.82. The molecule has 4 nitrogen and oxygen atoms in total. The summed E-state index contributed by atoms with van der Waals surface area (Å²) in [6.07, 6.45) is 5.22. The van der Waals surface area contributed by atoms with E-state index < -0.39 is 5.60 Å². The van der Waals surface area contributed by atoms with Crippen molar-refractivity contribution in [3.63, 3.8) is 0 Å². The van der Waals surface area contributed by atoms with Crippen LogP contribution in [0.4, 0.5) is 0 Å². The van der Waals surface area contributed by atoms with Gasteiger partial charge in [0.05, 0.1) is 17.8 Å². The second kappa shape index (κ2) is 3.80. The summed E-state index contributed by atoms with van der Waals surface area (Å²) in [6.45, 7) is 0. The maximum atomic E-state index is 10.7. The lowest BCUT2D eigenvalue weighted by Crippen LogP contribution is -2.38. The van der Waals surface area contributed by atoms with Gasteiger partial charge in [-0.15, -0.1) is 0 Å². The van der Waals surface area contributed by atoms with Crippen LogP contribution >= 0.6 is 0 Å². The summed E-state index contributed by atoms with van der Waals surface area (Å²) in [5, 5.41) is 19.6. The minimum atomic E-state index is -0.849. The molecule has 0 aromatic carbocycles. The summed E-state index contributed by atoms with van der Waals surface area (Å²) in [4.78, 5) is 3.93. The van der Waals surface area contributed by atoms with E-state index in [-0.39, 0.29) is 12.2 Å². The average Bonchev–Trinajstić information content (AvgIpc) is 2.69.